The Morgan fingerprint density at radius 3 is 2.12 bits per heavy atom. The van der Waals surface area contributed by atoms with Gasteiger partial charge in [0.1, 0.15) is 5.41 Å². The Hall–Kier alpha value is -2.27. The van der Waals surface area contributed by atoms with Gasteiger partial charge in [-0.3, -0.25) is 4.79 Å². The van der Waals surface area contributed by atoms with Crippen LogP contribution in [0.4, 0.5) is 0 Å². The number of carbonyl (C=O) groups excluding carboxylic acids is 1. The topological polar surface area (TPSA) is 43.1 Å². The lowest BCUT2D eigenvalue weighted by Crippen LogP contribution is -2.51. The summed E-state index contributed by atoms with van der Waals surface area (Å²) in [7, 11) is 2.33. The van der Waals surface area contributed by atoms with Crippen molar-refractivity contribution in [2.75, 3.05) is 32.4 Å². The number of hydrogen-bond donors (Lipinski definition) is 1. The Kier molecular flexibility index (Phi) is 7.48. The minimum absolute atomic E-state index is 0.161. The smallest absolute Gasteiger partial charge is 0.233 e. The minimum atomic E-state index is -0.809. The highest BCUT2D eigenvalue weighted by Gasteiger charge is 2.53. The summed E-state index contributed by atoms with van der Waals surface area (Å²) in [5.41, 5.74) is 7.43. The molecule has 3 aromatic rings. The van der Waals surface area contributed by atoms with E-state index < -0.39 is 5.41 Å². The average Bonchev–Trinajstić information content (AvgIpc) is 3.22. The third kappa shape index (κ3) is 5.13. The first-order valence-corrected chi connectivity index (χ1v) is 12.9. The van der Waals surface area contributed by atoms with E-state index >= 15 is 0 Å². The monoisotopic (exact) mass is 479 g/mol. The maximum absolute atomic E-state index is 13.3. The van der Waals surface area contributed by atoms with Crippen LogP contribution in [0.25, 0.3) is 0 Å². The van der Waals surface area contributed by atoms with Crippen molar-refractivity contribution in [1.29, 1.82) is 0 Å². The second-order valence-corrected chi connectivity index (χ2v) is 10.9. The lowest BCUT2D eigenvalue weighted by molar-refractivity contribution is -0.899. The molecule has 1 unspecified atom stereocenters. The summed E-state index contributed by atoms with van der Waals surface area (Å²) in [6, 6.07) is 28.3. The molecule has 4 rings (SSSR count). The fourth-order valence-corrected chi connectivity index (χ4v) is 6.40. The van der Waals surface area contributed by atoms with E-state index in [1.165, 1.54) is 4.90 Å². The summed E-state index contributed by atoms with van der Waals surface area (Å²) in [5, 5.41) is 0.773. The van der Waals surface area contributed by atoms with Crippen molar-refractivity contribution in [3.63, 3.8) is 0 Å². The first kappa shape index (κ1) is 23.9. The van der Waals surface area contributed by atoms with Gasteiger partial charge in [-0.15, -0.1) is 11.8 Å². The molecule has 1 aliphatic rings. The summed E-state index contributed by atoms with van der Waals surface area (Å²) in [5.74, 6) is 0.976. The highest BCUT2D eigenvalue weighted by atomic mass is 35.5. The van der Waals surface area contributed by atoms with Crippen LogP contribution in [0.3, 0.4) is 0 Å². The van der Waals surface area contributed by atoms with Crippen LogP contribution in [0, 0.1) is 5.92 Å². The third-order valence-corrected chi connectivity index (χ3v) is 8.41. The third-order valence-electron chi connectivity index (χ3n) is 7.06. The van der Waals surface area contributed by atoms with Crippen molar-refractivity contribution in [2.24, 2.45) is 11.7 Å². The van der Waals surface area contributed by atoms with Gasteiger partial charge in [-0.1, -0.05) is 72.3 Å². The zero-order chi connectivity index (χ0) is 23.3. The van der Waals surface area contributed by atoms with E-state index in [1.807, 2.05) is 60.3 Å². The molecule has 1 saturated heterocycles. The summed E-state index contributed by atoms with van der Waals surface area (Å²) < 4.78 is 0.973. The molecule has 2 atom stereocenters. The molecule has 0 aromatic heterocycles. The maximum atomic E-state index is 13.3. The van der Waals surface area contributed by atoms with Gasteiger partial charge >= 0.3 is 0 Å². The maximum Gasteiger partial charge on any atom is 0.233 e. The highest BCUT2D eigenvalue weighted by molar-refractivity contribution is 7.99. The van der Waals surface area contributed by atoms with Crippen molar-refractivity contribution in [3.05, 3.63) is 101 Å². The van der Waals surface area contributed by atoms with Gasteiger partial charge in [0.2, 0.25) is 5.91 Å². The van der Waals surface area contributed by atoms with Crippen LogP contribution in [-0.2, 0) is 10.2 Å². The summed E-state index contributed by atoms with van der Waals surface area (Å²) in [4.78, 5) is 14.5. The first-order chi connectivity index (χ1) is 15.9. The quantitative estimate of drug-likeness (QED) is 0.241. The Morgan fingerprint density at radius 2 is 1.58 bits per heavy atom. The summed E-state index contributed by atoms with van der Waals surface area (Å²) in [6.07, 6.45) is 2.10. The number of amides is 1. The Morgan fingerprint density at radius 1 is 1.00 bits per heavy atom. The van der Waals surface area contributed by atoms with E-state index in [4.69, 9.17) is 17.3 Å². The first-order valence-electron chi connectivity index (χ1n) is 11.6. The number of nitrogens with zero attached hydrogens (tertiary/aromatic N) is 1. The van der Waals surface area contributed by atoms with Crippen LogP contribution in [0.2, 0.25) is 5.02 Å². The highest BCUT2D eigenvalue weighted by Crippen LogP contribution is 2.45. The standard InChI is InChI=1S/C28H31ClN2OS/c1-31(18-8-20-33-26-15-13-25(29)14-16-26)19-17-24(21-31)28(27(30)32,22-9-4-2-5-10-22)23-11-6-3-7-12-23/h2-7,9-16,24H,8,17-21H2,1H3,(H-,30,32)/p+1/t24-,31?/m1/s1. The molecule has 172 valence electrons. The van der Waals surface area contributed by atoms with Crippen LogP contribution in [0.5, 0.6) is 0 Å². The van der Waals surface area contributed by atoms with Crippen molar-refractivity contribution in [3.8, 4) is 0 Å². The second kappa shape index (κ2) is 10.3. The molecule has 1 heterocycles. The summed E-state index contributed by atoms with van der Waals surface area (Å²) >= 11 is 7.87. The van der Waals surface area contributed by atoms with E-state index in [9.17, 15) is 4.79 Å². The SMILES string of the molecule is C[N+]1(CCCSc2ccc(Cl)cc2)CC[C@@H](C(C(N)=O)(c2ccccc2)c2ccccc2)C1. The van der Waals surface area contributed by atoms with Gasteiger partial charge in [0.25, 0.3) is 0 Å². The molecule has 2 N–H and O–H groups in total. The molecule has 5 heteroatoms. The molecule has 0 bridgehead atoms. The number of rotatable bonds is 9. The Labute approximate surface area is 206 Å². The fraction of sp³-hybridized carbons (Fsp3) is 0.321. The van der Waals surface area contributed by atoms with Crippen LogP contribution in [0.1, 0.15) is 24.0 Å². The van der Waals surface area contributed by atoms with Gasteiger partial charge in [-0.25, -0.2) is 0 Å². The van der Waals surface area contributed by atoms with Crippen LogP contribution in [-0.4, -0.2) is 42.8 Å². The number of benzene rings is 3. The molecule has 1 fully saturated rings. The number of carbonyl (C=O) groups is 1. The van der Waals surface area contributed by atoms with Crippen LogP contribution >= 0.6 is 23.4 Å². The largest absolute Gasteiger partial charge is 0.369 e. The van der Waals surface area contributed by atoms with Crippen LogP contribution in [0.15, 0.2) is 89.8 Å². The van der Waals surface area contributed by atoms with E-state index in [-0.39, 0.29) is 11.8 Å². The van der Waals surface area contributed by atoms with E-state index in [1.54, 1.807) is 0 Å². The predicted octanol–water partition coefficient (Wildman–Crippen LogP) is 5.76. The Balaban J connectivity index is 1.51. The van der Waals surface area contributed by atoms with Crippen molar-refractivity contribution in [2.45, 2.75) is 23.2 Å². The van der Waals surface area contributed by atoms with Crippen molar-refractivity contribution in [1.82, 2.24) is 0 Å². The molecule has 33 heavy (non-hydrogen) atoms. The lowest BCUT2D eigenvalue weighted by atomic mass is 9.64. The predicted molar refractivity (Wildman–Crippen MR) is 139 cm³/mol. The molecule has 0 aliphatic carbocycles. The van der Waals surface area contributed by atoms with E-state index in [0.29, 0.717) is 0 Å². The number of likely N-dealkylation sites (tertiary alicyclic amines) is 1. The van der Waals surface area contributed by atoms with Gasteiger partial charge < -0.3 is 10.2 Å². The second-order valence-electron chi connectivity index (χ2n) is 9.30. The van der Waals surface area contributed by atoms with Gasteiger partial charge in [-0.2, -0.15) is 0 Å². The van der Waals surface area contributed by atoms with Gasteiger partial charge in [-0.05, 0) is 35.4 Å². The molecule has 1 aliphatic heterocycles. The number of nitrogens with two attached hydrogens (primary N) is 1. The molecule has 0 radical (unpaired) electrons. The number of thioether (sulfide) groups is 1. The molecular formula is C28H32ClN2OS+. The van der Waals surface area contributed by atoms with Crippen molar-refractivity contribution >= 4 is 29.3 Å². The zero-order valence-electron chi connectivity index (χ0n) is 19.1. The molecule has 3 nitrogen and oxygen atoms in total. The van der Waals surface area contributed by atoms with Gasteiger partial charge in [0.15, 0.2) is 0 Å². The molecule has 0 saturated carbocycles. The molecule has 3 aromatic carbocycles. The Bertz CT molecular complexity index is 1020. The number of quaternary nitrogens is 1. The summed E-state index contributed by atoms with van der Waals surface area (Å²) in [6.45, 7) is 3.10. The fourth-order valence-electron chi connectivity index (χ4n) is 5.43. The normalized spacial score (nSPS) is 20.6. The van der Waals surface area contributed by atoms with E-state index in [2.05, 4.69) is 43.4 Å². The van der Waals surface area contributed by atoms with Crippen molar-refractivity contribution < 1.29 is 9.28 Å². The molecule has 1 amide bonds. The number of primary amides is 1. The average molecular weight is 480 g/mol. The van der Waals surface area contributed by atoms with Crippen LogP contribution < -0.4 is 5.73 Å². The number of hydrogen-bond acceptors (Lipinski definition) is 2. The van der Waals surface area contributed by atoms with E-state index in [0.717, 1.165) is 58.9 Å². The minimum Gasteiger partial charge on any atom is -0.369 e. The molecular weight excluding hydrogens is 448 g/mol. The zero-order valence-corrected chi connectivity index (χ0v) is 20.7. The van der Waals surface area contributed by atoms with Gasteiger partial charge in [0, 0.05) is 34.4 Å². The molecule has 0 spiro atoms. The van der Waals surface area contributed by atoms with Gasteiger partial charge in [0.05, 0.1) is 26.7 Å². The number of halogens is 1. The lowest BCUT2D eigenvalue weighted by Gasteiger charge is -2.38.